The molecule has 2 aromatic rings. The highest BCUT2D eigenvalue weighted by Crippen LogP contribution is 2.18. The van der Waals surface area contributed by atoms with Crippen LogP contribution in [0.2, 0.25) is 0 Å². The molecule has 24 heavy (non-hydrogen) atoms. The van der Waals surface area contributed by atoms with Crippen LogP contribution in [0.3, 0.4) is 0 Å². The van der Waals surface area contributed by atoms with E-state index in [1.165, 1.54) is 0 Å². The Labute approximate surface area is 140 Å². The molecule has 2 nitrogen and oxygen atoms in total. The Hall–Kier alpha value is -2.17. The second kappa shape index (κ2) is 9.21. The fourth-order valence-corrected chi connectivity index (χ4v) is 2.11. The zero-order valence-electron chi connectivity index (χ0n) is 13.6. The number of hydrogen-bond donors (Lipinski definition) is 0. The summed E-state index contributed by atoms with van der Waals surface area (Å²) in [6.45, 7) is 2.12. The van der Waals surface area contributed by atoms with Gasteiger partial charge >= 0.3 is 0 Å². The molecule has 5 heteroatoms. The Kier molecular flexibility index (Phi) is 6.97. The van der Waals surface area contributed by atoms with Crippen molar-refractivity contribution in [1.29, 1.82) is 0 Å². The second-order valence-corrected chi connectivity index (χ2v) is 5.47. The Morgan fingerprint density at radius 1 is 0.792 bits per heavy atom. The maximum Gasteiger partial charge on any atom is 0.272 e. The van der Waals surface area contributed by atoms with E-state index < -0.39 is 19.2 Å². The van der Waals surface area contributed by atoms with E-state index in [0.29, 0.717) is 12.4 Å². The molecule has 0 aliphatic heterocycles. The first-order chi connectivity index (χ1) is 11.6. The molecule has 0 bridgehead atoms. The molecule has 0 amide bonds. The average molecular weight is 338 g/mol. The standard InChI is InChI=1S/C19H21F3O2/c1-2-11-23-16-7-3-14(4-8-16)12-15-5-9-17(10-6-15)24-13-18(20)19(21)22/h3-10,18-19H,2,11-13H2,1H3. The van der Waals surface area contributed by atoms with E-state index in [0.717, 1.165) is 29.7 Å². The van der Waals surface area contributed by atoms with Gasteiger partial charge in [-0.25, -0.2) is 13.2 Å². The molecule has 0 saturated carbocycles. The molecule has 0 fully saturated rings. The molecule has 130 valence electrons. The zero-order chi connectivity index (χ0) is 17.4. The van der Waals surface area contributed by atoms with Crippen molar-refractivity contribution in [2.75, 3.05) is 13.2 Å². The van der Waals surface area contributed by atoms with Crippen LogP contribution in [0, 0.1) is 0 Å². The molecule has 1 atom stereocenters. The molecular weight excluding hydrogens is 317 g/mol. The predicted octanol–water partition coefficient (Wildman–Crippen LogP) is 5.05. The third kappa shape index (κ3) is 5.80. The van der Waals surface area contributed by atoms with E-state index in [1.54, 1.807) is 12.1 Å². The second-order valence-electron chi connectivity index (χ2n) is 5.47. The fourth-order valence-electron chi connectivity index (χ4n) is 2.11. The predicted molar refractivity (Wildman–Crippen MR) is 87.9 cm³/mol. The highest BCUT2D eigenvalue weighted by atomic mass is 19.3. The molecule has 2 rings (SSSR count). The van der Waals surface area contributed by atoms with Crippen LogP contribution in [0.25, 0.3) is 0 Å². The van der Waals surface area contributed by atoms with Crippen LogP contribution < -0.4 is 9.47 Å². The van der Waals surface area contributed by atoms with Gasteiger partial charge in [-0.2, -0.15) is 0 Å². The van der Waals surface area contributed by atoms with Gasteiger partial charge in [-0.05, 0) is 48.2 Å². The summed E-state index contributed by atoms with van der Waals surface area (Å²) in [5.74, 6) is 1.23. The van der Waals surface area contributed by atoms with Crippen LogP contribution >= 0.6 is 0 Å². The molecular formula is C19H21F3O2. The van der Waals surface area contributed by atoms with Crippen molar-refractivity contribution < 1.29 is 22.6 Å². The van der Waals surface area contributed by atoms with E-state index in [9.17, 15) is 13.2 Å². The lowest BCUT2D eigenvalue weighted by atomic mass is 10.0. The van der Waals surface area contributed by atoms with E-state index in [-0.39, 0.29) is 0 Å². The lowest BCUT2D eigenvalue weighted by molar-refractivity contribution is 0.0231. The van der Waals surface area contributed by atoms with Crippen molar-refractivity contribution in [3.05, 3.63) is 59.7 Å². The minimum atomic E-state index is -3.02. The maximum atomic E-state index is 12.8. The summed E-state index contributed by atoms with van der Waals surface area (Å²) in [7, 11) is 0. The van der Waals surface area contributed by atoms with Crippen molar-refractivity contribution >= 4 is 0 Å². The van der Waals surface area contributed by atoms with Crippen molar-refractivity contribution in [1.82, 2.24) is 0 Å². The maximum absolute atomic E-state index is 12.8. The van der Waals surface area contributed by atoms with Crippen LogP contribution in [-0.2, 0) is 6.42 Å². The third-order valence-corrected chi connectivity index (χ3v) is 3.41. The Balaban J connectivity index is 1.87. The first kappa shape index (κ1) is 18.2. The first-order valence-electron chi connectivity index (χ1n) is 7.94. The summed E-state index contributed by atoms with van der Waals surface area (Å²) in [5.41, 5.74) is 2.18. The number of ether oxygens (including phenoxy) is 2. The van der Waals surface area contributed by atoms with Gasteiger partial charge in [0.15, 0.2) is 6.17 Å². The van der Waals surface area contributed by atoms with Crippen LogP contribution in [0.4, 0.5) is 13.2 Å². The Morgan fingerprint density at radius 2 is 1.29 bits per heavy atom. The molecule has 0 N–H and O–H groups in total. The summed E-state index contributed by atoms with van der Waals surface area (Å²) in [6.07, 6.45) is -3.58. The summed E-state index contributed by atoms with van der Waals surface area (Å²) >= 11 is 0. The van der Waals surface area contributed by atoms with Gasteiger partial charge in [0.05, 0.1) is 6.61 Å². The van der Waals surface area contributed by atoms with E-state index in [2.05, 4.69) is 6.92 Å². The first-order valence-corrected chi connectivity index (χ1v) is 7.94. The third-order valence-electron chi connectivity index (χ3n) is 3.41. The monoisotopic (exact) mass is 338 g/mol. The van der Waals surface area contributed by atoms with Gasteiger partial charge in [0.25, 0.3) is 6.43 Å². The highest BCUT2D eigenvalue weighted by Gasteiger charge is 2.19. The van der Waals surface area contributed by atoms with Gasteiger partial charge in [0, 0.05) is 0 Å². The van der Waals surface area contributed by atoms with Gasteiger partial charge in [0.1, 0.15) is 18.1 Å². The largest absolute Gasteiger partial charge is 0.494 e. The smallest absolute Gasteiger partial charge is 0.272 e. The normalized spacial score (nSPS) is 12.2. The summed E-state index contributed by atoms with van der Waals surface area (Å²) in [5, 5.41) is 0. The molecule has 0 spiro atoms. The minimum absolute atomic E-state index is 0.380. The van der Waals surface area contributed by atoms with E-state index in [1.807, 2.05) is 36.4 Å². The Morgan fingerprint density at radius 3 is 1.75 bits per heavy atom. The average Bonchev–Trinajstić information content (AvgIpc) is 2.60. The number of hydrogen-bond acceptors (Lipinski definition) is 2. The van der Waals surface area contributed by atoms with Gasteiger partial charge in [-0.1, -0.05) is 31.2 Å². The molecule has 1 unspecified atom stereocenters. The molecule has 0 radical (unpaired) electrons. The zero-order valence-corrected chi connectivity index (χ0v) is 13.6. The molecule has 0 aliphatic rings. The van der Waals surface area contributed by atoms with Crippen LogP contribution in [0.1, 0.15) is 24.5 Å². The van der Waals surface area contributed by atoms with Crippen LogP contribution in [-0.4, -0.2) is 25.8 Å². The van der Waals surface area contributed by atoms with Crippen molar-refractivity contribution in [2.45, 2.75) is 32.4 Å². The number of alkyl halides is 3. The van der Waals surface area contributed by atoms with E-state index >= 15 is 0 Å². The van der Waals surface area contributed by atoms with Crippen LogP contribution in [0.5, 0.6) is 11.5 Å². The van der Waals surface area contributed by atoms with Gasteiger partial charge in [0.2, 0.25) is 0 Å². The summed E-state index contributed by atoms with van der Waals surface area (Å²) < 4.78 is 47.5. The number of benzene rings is 2. The molecule has 0 saturated heterocycles. The van der Waals surface area contributed by atoms with Gasteiger partial charge in [-0.3, -0.25) is 0 Å². The van der Waals surface area contributed by atoms with Crippen molar-refractivity contribution in [3.8, 4) is 11.5 Å². The van der Waals surface area contributed by atoms with Gasteiger partial charge in [-0.15, -0.1) is 0 Å². The van der Waals surface area contributed by atoms with E-state index in [4.69, 9.17) is 9.47 Å². The molecule has 0 aromatic heterocycles. The molecule has 0 aliphatic carbocycles. The van der Waals surface area contributed by atoms with Gasteiger partial charge < -0.3 is 9.47 Å². The highest BCUT2D eigenvalue weighted by molar-refractivity contribution is 5.34. The minimum Gasteiger partial charge on any atom is -0.494 e. The lowest BCUT2D eigenvalue weighted by Gasteiger charge is -2.10. The molecule has 0 heterocycles. The quantitative estimate of drug-likeness (QED) is 0.637. The summed E-state index contributed by atoms with van der Waals surface area (Å²) in [6, 6.07) is 14.9. The fraction of sp³-hybridized carbons (Fsp3) is 0.368. The van der Waals surface area contributed by atoms with Crippen LogP contribution in [0.15, 0.2) is 48.5 Å². The number of rotatable bonds is 9. The Bertz CT molecular complexity index is 597. The number of halogens is 3. The lowest BCUT2D eigenvalue weighted by Crippen LogP contribution is -2.20. The topological polar surface area (TPSA) is 18.5 Å². The SMILES string of the molecule is CCCOc1ccc(Cc2ccc(OCC(F)C(F)F)cc2)cc1. The van der Waals surface area contributed by atoms with Crippen molar-refractivity contribution in [2.24, 2.45) is 0 Å². The summed E-state index contributed by atoms with van der Waals surface area (Å²) in [4.78, 5) is 0. The molecule has 2 aromatic carbocycles. The van der Waals surface area contributed by atoms with Crippen molar-refractivity contribution in [3.63, 3.8) is 0 Å².